The predicted octanol–water partition coefficient (Wildman–Crippen LogP) is 3.67. The van der Waals surface area contributed by atoms with E-state index in [0.29, 0.717) is 5.75 Å². The van der Waals surface area contributed by atoms with Gasteiger partial charge >= 0.3 is 0 Å². The van der Waals surface area contributed by atoms with Gasteiger partial charge < -0.3 is 9.53 Å². The van der Waals surface area contributed by atoms with Gasteiger partial charge in [-0.15, -0.1) is 0 Å². The Balaban J connectivity index is 3.47. The van der Waals surface area contributed by atoms with E-state index in [1.54, 1.807) is 0 Å². The molecule has 17 heavy (non-hydrogen) atoms. The van der Waals surface area contributed by atoms with Gasteiger partial charge in [0.1, 0.15) is 11.5 Å². The molecule has 1 aromatic carbocycles. The van der Waals surface area contributed by atoms with E-state index in [1.165, 1.54) is 5.56 Å². The molecule has 0 atom stereocenters. The third-order valence-electron chi connectivity index (χ3n) is 2.84. The molecule has 0 amide bonds. The Hall–Kier alpha value is -0.963. The van der Waals surface area contributed by atoms with E-state index < -0.39 is 9.04 Å². The molecule has 0 radical (unpaired) electrons. The van der Waals surface area contributed by atoms with E-state index in [4.69, 9.17) is 4.43 Å². The Labute approximate surface area is 106 Å². The van der Waals surface area contributed by atoms with E-state index in [2.05, 4.69) is 39.9 Å². The number of hydrogen-bond donors (Lipinski definition) is 1. The standard InChI is InChI=1S/C14H24O2Si/c1-9-8-11(14(3,4)5)13(16-17(6)7)10(2)12(9)15/h8,15,17H,1-7H3. The maximum atomic E-state index is 10.0. The van der Waals surface area contributed by atoms with Crippen LogP contribution in [0, 0.1) is 13.8 Å². The van der Waals surface area contributed by atoms with E-state index in [9.17, 15) is 5.11 Å². The highest BCUT2D eigenvalue weighted by Gasteiger charge is 2.23. The monoisotopic (exact) mass is 252 g/mol. The maximum Gasteiger partial charge on any atom is 0.229 e. The van der Waals surface area contributed by atoms with Gasteiger partial charge in [0.25, 0.3) is 0 Å². The summed E-state index contributed by atoms with van der Waals surface area (Å²) in [6, 6.07) is 2.05. The minimum Gasteiger partial charge on any atom is -0.547 e. The topological polar surface area (TPSA) is 29.5 Å². The molecule has 1 rings (SSSR count). The summed E-state index contributed by atoms with van der Waals surface area (Å²) in [5.74, 6) is 1.25. The number of phenols is 1. The van der Waals surface area contributed by atoms with E-state index in [-0.39, 0.29) is 5.41 Å². The lowest BCUT2D eigenvalue weighted by molar-refractivity contribution is 0.454. The molecular formula is C14H24O2Si. The Bertz CT molecular complexity index is 417. The van der Waals surface area contributed by atoms with E-state index in [1.807, 2.05) is 13.8 Å². The zero-order valence-electron chi connectivity index (χ0n) is 12.0. The molecule has 0 aliphatic heterocycles. The van der Waals surface area contributed by atoms with Crippen molar-refractivity contribution in [2.45, 2.75) is 53.1 Å². The Morgan fingerprint density at radius 1 is 1.18 bits per heavy atom. The number of aromatic hydroxyl groups is 1. The Morgan fingerprint density at radius 3 is 2.12 bits per heavy atom. The van der Waals surface area contributed by atoms with Crippen LogP contribution in [0.15, 0.2) is 6.07 Å². The lowest BCUT2D eigenvalue weighted by Crippen LogP contribution is -2.19. The highest BCUT2D eigenvalue weighted by Crippen LogP contribution is 2.40. The Morgan fingerprint density at radius 2 is 1.71 bits per heavy atom. The van der Waals surface area contributed by atoms with Crippen molar-refractivity contribution in [3.05, 3.63) is 22.8 Å². The quantitative estimate of drug-likeness (QED) is 0.814. The SMILES string of the molecule is Cc1cc(C(C)(C)C)c(O[SiH](C)C)c(C)c1O. The lowest BCUT2D eigenvalue weighted by Gasteiger charge is -2.27. The molecule has 0 fully saturated rings. The van der Waals surface area contributed by atoms with Gasteiger partial charge in [0.05, 0.1) is 0 Å². The minimum atomic E-state index is -1.17. The van der Waals surface area contributed by atoms with Crippen LogP contribution in [0.5, 0.6) is 11.5 Å². The van der Waals surface area contributed by atoms with Crippen molar-refractivity contribution >= 4 is 9.04 Å². The number of phenolic OH excluding ortho intramolecular Hbond substituents is 1. The van der Waals surface area contributed by atoms with Gasteiger partial charge in [0.15, 0.2) is 0 Å². The number of rotatable bonds is 2. The second kappa shape index (κ2) is 4.73. The molecule has 1 N–H and O–H groups in total. The molecular weight excluding hydrogens is 228 g/mol. The van der Waals surface area contributed by atoms with Crippen molar-refractivity contribution in [2.24, 2.45) is 0 Å². The van der Waals surface area contributed by atoms with Crippen LogP contribution < -0.4 is 4.43 Å². The summed E-state index contributed by atoms with van der Waals surface area (Å²) in [6.45, 7) is 14.7. The van der Waals surface area contributed by atoms with Crippen LogP contribution in [-0.4, -0.2) is 14.1 Å². The average molecular weight is 252 g/mol. The first-order valence-electron chi connectivity index (χ1n) is 6.15. The summed E-state index contributed by atoms with van der Waals surface area (Å²) in [4.78, 5) is 0. The average Bonchev–Trinajstić information content (AvgIpc) is 2.16. The van der Waals surface area contributed by atoms with Gasteiger partial charge in [-0.3, -0.25) is 0 Å². The molecule has 0 aliphatic rings. The van der Waals surface area contributed by atoms with Crippen LogP contribution in [0.25, 0.3) is 0 Å². The molecule has 0 aliphatic carbocycles. The smallest absolute Gasteiger partial charge is 0.229 e. The van der Waals surface area contributed by atoms with Gasteiger partial charge in [0.2, 0.25) is 9.04 Å². The fourth-order valence-electron chi connectivity index (χ4n) is 1.90. The highest BCUT2D eigenvalue weighted by molar-refractivity contribution is 6.49. The van der Waals surface area contributed by atoms with Gasteiger partial charge in [-0.2, -0.15) is 0 Å². The summed E-state index contributed by atoms with van der Waals surface area (Å²) >= 11 is 0. The molecule has 0 aromatic heterocycles. The first kappa shape index (κ1) is 14.1. The van der Waals surface area contributed by atoms with Crippen molar-refractivity contribution < 1.29 is 9.53 Å². The zero-order valence-corrected chi connectivity index (χ0v) is 13.2. The predicted molar refractivity (Wildman–Crippen MR) is 75.8 cm³/mol. The zero-order chi connectivity index (χ0) is 13.4. The maximum absolute atomic E-state index is 10.0. The molecule has 0 unspecified atom stereocenters. The van der Waals surface area contributed by atoms with E-state index >= 15 is 0 Å². The van der Waals surface area contributed by atoms with Crippen molar-refractivity contribution in [3.63, 3.8) is 0 Å². The van der Waals surface area contributed by atoms with Crippen LogP contribution in [-0.2, 0) is 5.41 Å². The normalized spacial score (nSPS) is 12.0. The van der Waals surface area contributed by atoms with Crippen LogP contribution >= 0.6 is 0 Å². The minimum absolute atomic E-state index is 0.0296. The molecule has 1 aromatic rings. The summed E-state index contributed by atoms with van der Waals surface area (Å²) in [7, 11) is -1.17. The number of aryl methyl sites for hydroxylation is 1. The molecule has 0 spiro atoms. The fourth-order valence-corrected chi connectivity index (χ4v) is 2.68. The molecule has 0 heterocycles. The molecule has 0 saturated heterocycles. The molecule has 3 heteroatoms. The first-order valence-corrected chi connectivity index (χ1v) is 8.93. The summed E-state index contributed by atoms with van der Waals surface area (Å²) in [5, 5.41) is 10.0. The summed E-state index contributed by atoms with van der Waals surface area (Å²) in [6.07, 6.45) is 0. The van der Waals surface area contributed by atoms with Gasteiger partial charge in [-0.05, 0) is 49.5 Å². The van der Waals surface area contributed by atoms with Crippen LogP contribution in [0.4, 0.5) is 0 Å². The van der Waals surface area contributed by atoms with Gasteiger partial charge in [-0.25, -0.2) is 0 Å². The highest BCUT2D eigenvalue weighted by atomic mass is 28.3. The molecule has 0 bridgehead atoms. The van der Waals surface area contributed by atoms with Crippen molar-refractivity contribution in [2.75, 3.05) is 0 Å². The second-order valence-electron chi connectivity index (χ2n) is 5.96. The molecule has 96 valence electrons. The van der Waals surface area contributed by atoms with Crippen LogP contribution in [0.3, 0.4) is 0 Å². The Kier molecular flexibility index (Phi) is 3.92. The number of benzene rings is 1. The first-order chi connectivity index (χ1) is 7.64. The summed E-state index contributed by atoms with van der Waals surface area (Å²) < 4.78 is 6.02. The fraction of sp³-hybridized carbons (Fsp3) is 0.571. The second-order valence-corrected chi connectivity index (χ2v) is 8.29. The van der Waals surface area contributed by atoms with Crippen LogP contribution in [0.2, 0.25) is 13.1 Å². The molecule has 2 nitrogen and oxygen atoms in total. The largest absolute Gasteiger partial charge is 0.547 e. The van der Waals surface area contributed by atoms with Crippen molar-refractivity contribution in [1.82, 2.24) is 0 Å². The summed E-state index contributed by atoms with van der Waals surface area (Å²) in [5.41, 5.74) is 3.01. The van der Waals surface area contributed by atoms with Crippen molar-refractivity contribution in [1.29, 1.82) is 0 Å². The molecule has 0 saturated carbocycles. The van der Waals surface area contributed by atoms with E-state index in [0.717, 1.165) is 16.9 Å². The van der Waals surface area contributed by atoms with Gasteiger partial charge in [0, 0.05) is 5.56 Å². The van der Waals surface area contributed by atoms with Gasteiger partial charge in [-0.1, -0.05) is 20.8 Å². The lowest BCUT2D eigenvalue weighted by atomic mass is 9.84. The van der Waals surface area contributed by atoms with Crippen molar-refractivity contribution in [3.8, 4) is 11.5 Å². The third-order valence-corrected chi connectivity index (χ3v) is 3.54. The van der Waals surface area contributed by atoms with Crippen LogP contribution in [0.1, 0.15) is 37.5 Å². The number of hydrogen-bond acceptors (Lipinski definition) is 2. The third kappa shape index (κ3) is 3.03.